The molecule has 0 aliphatic heterocycles. The van der Waals surface area contributed by atoms with Crippen LogP contribution in [0.2, 0.25) is 0 Å². The fourth-order valence-electron chi connectivity index (χ4n) is 1.35. The number of rotatable bonds is 5. The molecule has 0 fully saturated rings. The number of hydrogen-bond donors (Lipinski definition) is 3. The van der Waals surface area contributed by atoms with Gasteiger partial charge in [0.25, 0.3) is 10.1 Å². The molecular formula is C12H14N2O6S. The number of carbonyl (C=O) groups excluding carboxylic acids is 2. The number of benzene rings is 1. The van der Waals surface area contributed by atoms with Crippen molar-refractivity contribution in [3.8, 4) is 0 Å². The van der Waals surface area contributed by atoms with Crippen molar-refractivity contribution in [2.24, 2.45) is 0 Å². The summed E-state index contributed by atoms with van der Waals surface area (Å²) in [5, 5.41) is 4.28. The van der Waals surface area contributed by atoms with E-state index in [9.17, 15) is 18.0 Å². The second-order valence-electron chi connectivity index (χ2n) is 3.75. The molecular weight excluding hydrogens is 300 g/mol. The van der Waals surface area contributed by atoms with E-state index in [1.54, 1.807) is 6.92 Å². The summed E-state index contributed by atoms with van der Waals surface area (Å²) < 4.78 is 35.9. The summed E-state index contributed by atoms with van der Waals surface area (Å²) in [6.07, 6.45) is 0. The van der Waals surface area contributed by atoms with Gasteiger partial charge in [0.15, 0.2) is 0 Å². The SMILES string of the molecule is C=C(NC(=O)Nc1ccccc1S(=O)(=O)O)C(=O)OCC. The second-order valence-corrected chi connectivity index (χ2v) is 5.14. The summed E-state index contributed by atoms with van der Waals surface area (Å²) >= 11 is 0. The lowest BCUT2D eigenvalue weighted by Crippen LogP contribution is -2.32. The molecule has 2 amide bonds. The topological polar surface area (TPSA) is 122 Å². The number of para-hydroxylation sites is 1. The average Bonchev–Trinajstić information content (AvgIpc) is 2.38. The molecule has 0 bridgehead atoms. The van der Waals surface area contributed by atoms with Gasteiger partial charge in [-0.3, -0.25) is 4.55 Å². The summed E-state index contributed by atoms with van der Waals surface area (Å²) in [5.41, 5.74) is -0.451. The molecule has 114 valence electrons. The average molecular weight is 314 g/mol. The van der Waals surface area contributed by atoms with Crippen LogP contribution in [0.4, 0.5) is 10.5 Å². The number of esters is 1. The molecule has 0 aromatic heterocycles. The van der Waals surface area contributed by atoms with Gasteiger partial charge in [-0.25, -0.2) is 9.59 Å². The molecule has 0 atom stereocenters. The van der Waals surface area contributed by atoms with Crippen molar-refractivity contribution in [3.05, 3.63) is 36.5 Å². The van der Waals surface area contributed by atoms with Gasteiger partial charge in [-0.1, -0.05) is 18.7 Å². The zero-order valence-electron chi connectivity index (χ0n) is 11.1. The maximum atomic E-state index is 11.6. The van der Waals surface area contributed by atoms with Gasteiger partial charge in [-0.05, 0) is 19.1 Å². The van der Waals surface area contributed by atoms with E-state index in [1.165, 1.54) is 18.2 Å². The third kappa shape index (κ3) is 4.89. The van der Waals surface area contributed by atoms with Crippen molar-refractivity contribution in [1.82, 2.24) is 5.32 Å². The summed E-state index contributed by atoms with van der Waals surface area (Å²) in [7, 11) is -4.49. The maximum absolute atomic E-state index is 11.6. The van der Waals surface area contributed by atoms with Crippen LogP contribution < -0.4 is 10.6 Å². The highest BCUT2D eigenvalue weighted by Crippen LogP contribution is 2.20. The lowest BCUT2D eigenvalue weighted by atomic mass is 10.3. The summed E-state index contributed by atoms with van der Waals surface area (Å²) in [6.45, 7) is 5.02. The Kier molecular flexibility index (Phi) is 5.44. The first-order valence-corrected chi connectivity index (χ1v) is 7.20. The highest BCUT2D eigenvalue weighted by Gasteiger charge is 2.17. The third-order valence-electron chi connectivity index (χ3n) is 2.20. The van der Waals surface area contributed by atoms with Crippen LogP contribution in [0.15, 0.2) is 41.4 Å². The highest BCUT2D eigenvalue weighted by molar-refractivity contribution is 7.86. The van der Waals surface area contributed by atoms with Crippen molar-refractivity contribution >= 4 is 27.8 Å². The molecule has 9 heteroatoms. The molecule has 1 aromatic carbocycles. The number of anilines is 1. The molecule has 8 nitrogen and oxygen atoms in total. The smallest absolute Gasteiger partial charge is 0.354 e. The number of amides is 2. The van der Waals surface area contributed by atoms with E-state index in [0.29, 0.717) is 0 Å². The first-order valence-electron chi connectivity index (χ1n) is 5.76. The molecule has 0 saturated heterocycles. The predicted molar refractivity (Wildman–Crippen MR) is 74.2 cm³/mol. The Labute approximate surface area is 121 Å². The van der Waals surface area contributed by atoms with Gasteiger partial charge >= 0.3 is 12.0 Å². The molecule has 21 heavy (non-hydrogen) atoms. The Morgan fingerprint density at radius 1 is 1.33 bits per heavy atom. The first-order chi connectivity index (χ1) is 9.75. The molecule has 1 aromatic rings. The number of urea groups is 1. The molecule has 0 radical (unpaired) electrons. The van der Waals surface area contributed by atoms with Crippen LogP contribution in [0.3, 0.4) is 0 Å². The molecule has 1 rings (SSSR count). The lowest BCUT2D eigenvalue weighted by molar-refractivity contribution is -0.138. The predicted octanol–water partition coefficient (Wildman–Crippen LogP) is 1.13. The summed E-state index contributed by atoms with van der Waals surface area (Å²) in [6, 6.07) is 4.33. The third-order valence-corrected chi connectivity index (χ3v) is 3.11. The van der Waals surface area contributed by atoms with E-state index in [-0.39, 0.29) is 18.0 Å². The lowest BCUT2D eigenvalue weighted by Gasteiger charge is -2.11. The van der Waals surface area contributed by atoms with Crippen LogP contribution in [-0.4, -0.2) is 31.6 Å². The monoisotopic (exact) mass is 314 g/mol. The van der Waals surface area contributed by atoms with E-state index in [4.69, 9.17) is 4.55 Å². The van der Waals surface area contributed by atoms with E-state index in [2.05, 4.69) is 21.9 Å². The molecule has 0 spiro atoms. The van der Waals surface area contributed by atoms with Crippen LogP contribution >= 0.6 is 0 Å². The Balaban J connectivity index is 2.81. The fourth-order valence-corrected chi connectivity index (χ4v) is 2.00. The van der Waals surface area contributed by atoms with E-state index >= 15 is 0 Å². The maximum Gasteiger partial charge on any atom is 0.354 e. The van der Waals surface area contributed by atoms with Crippen LogP contribution in [0.25, 0.3) is 0 Å². The Bertz CT molecular complexity index is 668. The summed E-state index contributed by atoms with van der Waals surface area (Å²) in [5.74, 6) is -0.810. The van der Waals surface area contributed by atoms with Crippen molar-refractivity contribution in [1.29, 1.82) is 0 Å². The quantitative estimate of drug-likeness (QED) is 0.425. The van der Waals surface area contributed by atoms with Crippen molar-refractivity contribution in [2.45, 2.75) is 11.8 Å². The van der Waals surface area contributed by atoms with Crippen molar-refractivity contribution in [2.75, 3.05) is 11.9 Å². The zero-order valence-corrected chi connectivity index (χ0v) is 11.9. The van der Waals surface area contributed by atoms with Gasteiger partial charge in [-0.15, -0.1) is 0 Å². The van der Waals surface area contributed by atoms with Crippen LogP contribution in [0, 0.1) is 0 Å². The number of nitrogens with one attached hydrogen (secondary N) is 2. The largest absolute Gasteiger partial charge is 0.461 e. The first kappa shape index (κ1) is 16.7. The van der Waals surface area contributed by atoms with Crippen LogP contribution in [-0.2, 0) is 19.6 Å². The van der Waals surface area contributed by atoms with Crippen LogP contribution in [0.5, 0.6) is 0 Å². The van der Waals surface area contributed by atoms with Crippen molar-refractivity contribution in [3.63, 3.8) is 0 Å². The molecule has 0 aliphatic rings. The molecule has 0 saturated carbocycles. The zero-order chi connectivity index (χ0) is 16.0. The molecule has 0 unspecified atom stereocenters. The van der Waals surface area contributed by atoms with Gasteiger partial charge in [0.2, 0.25) is 0 Å². The fraction of sp³-hybridized carbons (Fsp3) is 0.167. The number of hydrogen-bond acceptors (Lipinski definition) is 5. The molecule has 3 N–H and O–H groups in total. The van der Waals surface area contributed by atoms with Gasteiger partial charge < -0.3 is 15.4 Å². The second kappa shape index (κ2) is 6.86. The minimum Gasteiger partial charge on any atom is -0.461 e. The van der Waals surface area contributed by atoms with E-state index in [0.717, 1.165) is 6.07 Å². The van der Waals surface area contributed by atoms with Gasteiger partial charge in [0.1, 0.15) is 10.6 Å². The van der Waals surface area contributed by atoms with Crippen LogP contribution in [0.1, 0.15) is 6.92 Å². The summed E-state index contributed by atoms with van der Waals surface area (Å²) in [4.78, 5) is 22.4. The molecule has 0 aliphatic carbocycles. The highest BCUT2D eigenvalue weighted by atomic mass is 32.2. The minimum atomic E-state index is -4.49. The normalized spacial score (nSPS) is 10.6. The standard InChI is InChI=1S/C12H14N2O6S/c1-3-20-11(15)8(2)13-12(16)14-9-6-4-5-7-10(9)21(17,18)19/h4-7H,2-3H2,1H3,(H2,13,14,16)(H,17,18,19). The van der Waals surface area contributed by atoms with E-state index in [1.807, 2.05) is 0 Å². The molecule has 0 heterocycles. The number of ether oxygens (including phenoxy) is 1. The van der Waals surface area contributed by atoms with Crippen molar-refractivity contribution < 1.29 is 27.3 Å². The van der Waals surface area contributed by atoms with Gasteiger partial charge in [0, 0.05) is 0 Å². The Morgan fingerprint density at radius 2 is 1.95 bits per heavy atom. The Morgan fingerprint density at radius 3 is 2.52 bits per heavy atom. The Hall–Kier alpha value is -2.39. The number of carbonyl (C=O) groups is 2. The van der Waals surface area contributed by atoms with Gasteiger partial charge in [0.05, 0.1) is 12.3 Å². The van der Waals surface area contributed by atoms with Gasteiger partial charge in [-0.2, -0.15) is 8.42 Å². The minimum absolute atomic E-state index is 0.118. The van der Waals surface area contributed by atoms with E-state index < -0.39 is 27.0 Å².